The molecule has 2 aromatic heterocycles. The van der Waals surface area contributed by atoms with Crippen molar-refractivity contribution in [3.05, 3.63) is 29.3 Å². The lowest BCUT2D eigenvalue weighted by Crippen LogP contribution is -2.50. The standard InChI is InChI=1S/C16H20ClFN4O3/c1-9-8-24-11(7-21(9)15(23)25-16(2,3)4)14-20-5-10-13(17)19-6-12(18)22(10)14/h5-6,9,11H,7-8H2,1-4H3/t9-,11+/m0/s1. The molecule has 0 unspecified atom stereocenters. The normalized spacial score (nSPS) is 21.6. The van der Waals surface area contributed by atoms with Crippen molar-refractivity contribution < 1.29 is 18.7 Å². The molecule has 7 nitrogen and oxygen atoms in total. The molecule has 0 spiro atoms. The first-order chi connectivity index (χ1) is 11.7. The Bertz CT molecular complexity index is 805. The van der Waals surface area contributed by atoms with E-state index in [1.54, 1.807) is 25.7 Å². The molecule has 0 saturated carbocycles. The van der Waals surface area contributed by atoms with E-state index in [1.807, 2.05) is 6.92 Å². The highest BCUT2D eigenvalue weighted by Crippen LogP contribution is 2.28. The maximum Gasteiger partial charge on any atom is 0.410 e. The number of rotatable bonds is 1. The highest BCUT2D eigenvalue weighted by atomic mass is 35.5. The average Bonchev–Trinajstić information content (AvgIpc) is 2.96. The van der Waals surface area contributed by atoms with Crippen LogP contribution < -0.4 is 0 Å². The summed E-state index contributed by atoms with van der Waals surface area (Å²) in [5.41, 5.74) is -0.252. The summed E-state index contributed by atoms with van der Waals surface area (Å²) >= 11 is 5.99. The van der Waals surface area contributed by atoms with E-state index in [0.717, 1.165) is 6.20 Å². The van der Waals surface area contributed by atoms with Gasteiger partial charge >= 0.3 is 6.09 Å². The smallest absolute Gasteiger partial charge is 0.410 e. The Morgan fingerprint density at radius 1 is 1.40 bits per heavy atom. The fraction of sp³-hybridized carbons (Fsp3) is 0.562. The fourth-order valence-electron chi connectivity index (χ4n) is 2.69. The van der Waals surface area contributed by atoms with Gasteiger partial charge in [0.2, 0.25) is 5.95 Å². The molecule has 1 aliphatic heterocycles. The van der Waals surface area contributed by atoms with E-state index in [0.29, 0.717) is 17.9 Å². The zero-order valence-electron chi connectivity index (χ0n) is 14.5. The fourth-order valence-corrected chi connectivity index (χ4v) is 2.87. The molecule has 0 N–H and O–H groups in total. The molecule has 3 rings (SSSR count). The number of amides is 1. The summed E-state index contributed by atoms with van der Waals surface area (Å²) in [5, 5.41) is 0.147. The molecule has 25 heavy (non-hydrogen) atoms. The molecule has 1 saturated heterocycles. The van der Waals surface area contributed by atoms with Crippen molar-refractivity contribution in [3.8, 4) is 0 Å². The maximum atomic E-state index is 14.2. The number of carbonyl (C=O) groups excluding carboxylic acids is 1. The Hall–Kier alpha value is -1.93. The minimum atomic E-state index is -0.601. The highest BCUT2D eigenvalue weighted by Gasteiger charge is 2.35. The molecule has 1 aliphatic rings. The van der Waals surface area contributed by atoms with Gasteiger partial charge in [0, 0.05) is 0 Å². The maximum absolute atomic E-state index is 14.2. The second-order valence-electron chi connectivity index (χ2n) is 7.01. The Morgan fingerprint density at radius 2 is 2.12 bits per heavy atom. The predicted molar refractivity (Wildman–Crippen MR) is 89.1 cm³/mol. The number of halogens is 2. The third-order valence-electron chi connectivity index (χ3n) is 3.85. The number of ether oxygens (including phenoxy) is 2. The first-order valence-electron chi connectivity index (χ1n) is 7.96. The molecule has 136 valence electrons. The van der Waals surface area contributed by atoms with E-state index in [-0.39, 0.29) is 17.7 Å². The number of aromatic nitrogens is 3. The molecule has 3 heterocycles. The molecule has 1 fully saturated rings. The summed E-state index contributed by atoms with van der Waals surface area (Å²) in [5.74, 6) is -0.268. The van der Waals surface area contributed by atoms with Crippen LogP contribution in [-0.2, 0) is 9.47 Å². The van der Waals surface area contributed by atoms with Crippen molar-refractivity contribution in [2.75, 3.05) is 13.2 Å². The summed E-state index contributed by atoms with van der Waals surface area (Å²) in [7, 11) is 0. The van der Waals surface area contributed by atoms with Gasteiger partial charge in [-0.2, -0.15) is 4.39 Å². The average molecular weight is 371 g/mol. The van der Waals surface area contributed by atoms with Gasteiger partial charge in [0.15, 0.2) is 5.15 Å². The predicted octanol–water partition coefficient (Wildman–Crippen LogP) is 3.22. The van der Waals surface area contributed by atoms with Crippen LogP contribution in [0.3, 0.4) is 0 Å². The van der Waals surface area contributed by atoms with Crippen LogP contribution in [0.4, 0.5) is 9.18 Å². The number of imidazole rings is 1. The van der Waals surface area contributed by atoms with Gasteiger partial charge in [-0.15, -0.1) is 0 Å². The van der Waals surface area contributed by atoms with E-state index >= 15 is 0 Å². The van der Waals surface area contributed by atoms with Crippen LogP contribution in [0.5, 0.6) is 0 Å². The summed E-state index contributed by atoms with van der Waals surface area (Å²) in [4.78, 5) is 22.0. The van der Waals surface area contributed by atoms with Crippen LogP contribution >= 0.6 is 11.6 Å². The van der Waals surface area contributed by atoms with Gasteiger partial charge in [-0.25, -0.2) is 14.8 Å². The van der Waals surface area contributed by atoms with Crippen LogP contribution in [0.2, 0.25) is 5.15 Å². The monoisotopic (exact) mass is 370 g/mol. The second-order valence-corrected chi connectivity index (χ2v) is 7.37. The Kier molecular flexibility index (Phi) is 4.59. The zero-order valence-corrected chi connectivity index (χ0v) is 15.2. The SMILES string of the molecule is C[C@H]1CO[C@@H](c2ncc3c(Cl)ncc(F)n23)CN1C(=O)OC(C)(C)C. The van der Waals surface area contributed by atoms with Gasteiger partial charge < -0.3 is 14.4 Å². The van der Waals surface area contributed by atoms with E-state index in [4.69, 9.17) is 21.1 Å². The topological polar surface area (TPSA) is 69.0 Å². The van der Waals surface area contributed by atoms with Gasteiger partial charge in [0.05, 0.1) is 31.6 Å². The minimum Gasteiger partial charge on any atom is -0.444 e. The van der Waals surface area contributed by atoms with Gasteiger partial charge in [-0.1, -0.05) is 11.6 Å². The molecule has 0 bridgehead atoms. The first kappa shape index (κ1) is 17.9. The zero-order chi connectivity index (χ0) is 18.4. The van der Waals surface area contributed by atoms with Crippen molar-refractivity contribution >= 4 is 23.2 Å². The van der Waals surface area contributed by atoms with E-state index in [2.05, 4.69) is 9.97 Å². The number of hydrogen-bond acceptors (Lipinski definition) is 5. The van der Waals surface area contributed by atoms with Crippen molar-refractivity contribution in [1.82, 2.24) is 19.3 Å². The lowest BCUT2D eigenvalue weighted by atomic mass is 10.2. The van der Waals surface area contributed by atoms with E-state index in [9.17, 15) is 9.18 Å². The lowest BCUT2D eigenvalue weighted by molar-refractivity contribution is -0.0700. The van der Waals surface area contributed by atoms with Crippen molar-refractivity contribution in [3.63, 3.8) is 0 Å². The number of morpholine rings is 1. The first-order valence-corrected chi connectivity index (χ1v) is 8.34. The number of carbonyl (C=O) groups is 1. The van der Waals surface area contributed by atoms with Crippen molar-refractivity contribution in [1.29, 1.82) is 0 Å². The van der Waals surface area contributed by atoms with Crippen LogP contribution in [-0.4, -0.2) is 50.2 Å². The van der Waals surface area contributed by atoms with Crippen molar-refractivity contribution in [2.24, 2.45) is 0 Å². The quantitative estimate of drug-likeness (QED) is 0.771. The molecule has 0 radical (unpaired) electrons. The van der Waals surface area contributed by atoms with Gasteiger partial charge in [0.1, 0.15) is 23.0 Å². The molecule has 2 aromatic rings. The molecular formula is C16H20ClFN4O3. The van der Waals surface area contributed by atoms with E-state index in [1.165, 1.54) is 10.6 Å². The molecule has 0 aromatic carbocycles. The number of hydrogen-bond donors (Lipinski definition) is 0. The third-order valence-corrected chi connectivity index (χ3v) is 4.14. The number of nitrogens with zero attached hydrogens (tertiary/aromatic N) is 4. The largest absolute Gasteiger partial charge is 0.444 e. The molecule has 1 amide bonds. The van der Waals surface area contributed by atoms with Crippen LogP contribution in [0.25, 0.3) is 5.52 Å². The highest BCUT2D eigenvalue weighted by molar-refractivity contribution is 6.32. The summed E-state index contributed by atoms with van der Waals surface area (Å²) in [6.45, 7) is 7.78. The van der Waals surface area contributed by atoms with Crippen LogP contribution in [0, 0.1) is 5.95 Å². The summed E-state index contributed by atoms with van der Waals surface area (Å²) in [6, 6.07) is -0.160. The second kappa shape index (κ2) is 6.42. The third kappa shape index (κ3) is 3.55. The van der Waals surface area contributed by atoms with Gasteiger partial charge in [0.25, 0.3) is 0 Å². The van der Waals surface area contributed by atoms with Gasteiger partial charge in [-0.3, -0.25) is 4.40 Å². The molecule has 9 heteroatoms. The Balaban J connectivity index is 1.89. The van der Waals surface area contributed by atoms with Gasteiger partial charge in [-0.05, 0) is 27.7 Å². The van der Waals surface area contributed by atoms with E-state index < -0.39 is 23.7 Å². The van der Waals surface area contributed by atoms with Crippen LogP contribution in [0.1, 0.15) is 39.6 Å². The number of fused-ring (bicyclic) bond motifs is 1. The van der Waals surface area contributed by atoms with Crippen LogP contribution in [0.15, 0.2) is 12.4 Å². The van der Waals surface area contributed by atoms with Crippen molar-refractivity contribution in [2.45, 2.75) is 45.4 Å². The summed E-state index contributed by atoms with van der Waals surface area (Å²) < 4.78 is 26.7. The minimum absolute atomic E-state index is 0.147. The Labute approximate surface area is 149 Å². The lowest BCUT2D eigenvalue weighted by Gasteiger charge is -2.38. The molecular weight excluding hydrogens is 351 g/mol. The summed E-state index contributed by atoms with van der Waals surface area (Å²) in [6.07, 6.45) is 1.43. The molecule has 2 atom stereocenters. The molecule has 0 aliphatic carbocycles. The Morgan fingerprint density at radius 3 is 2.80 bits per heavy atom.